The van der Waals surface area contributed by atoms with Crippen molar-refractivity contribution < 1.29 is 19.1 Å². The lowest BCUT2D eigenvalue weighted by molar-refractivity contribution is -0.132. The molecule has 3 aromatic carbocycles. The lowest BCUT2D eigenvalue weighted by Gasteiger charge is -2.28. The number of fused-ring (bicyclic) bond motifs is 1. The Morgan fingerprint density at radius 1 is 0.829 bits per heavy atom. The number of carbonyl (C=O) groups is 2. The maximum atomic E-state index is 13.8. The van der Waals surface area contributed by atoms with Crippen molar-refractivity contribution in [3.8, 4) is 11.5 Å². The minimum absolute atomic E-state index is 0.185. The first-order chi connectivity index (χ1) is 17.0. The van der Waals surface area contributed by atoms with Gasteiger partial charge in [0.15, 0.2) is 11.5 Å². The largest absolute Gasteiger partial charge is 0.486 e. The summed E-state index contributed by atoms with van der Waals surface area (Å²) in [4.78, 5) is 30.2. The molecule has 2 aliphatic rings. The lowest BCUT2D eigenvalue weighted by atomic mass is 9.84. The van der Waals surface area contributed by atoms with Crippen LogP contribution in [0.5, 0.6) is 11.5 Å². The smallest absolute Gasteiger partial charge is 0.326 e. The van der Waals surface area contributed by atoms with Gasteiger partial charge in [-0.1, -0.05) is 66.7 Å². The van der Waals surface area contributed by atoms with Gasteiger partial charge in [0.05, 0.1) is 6.67 Å². The van der Waals surface area contributed by atoms with E-state index in [0.29, 0.717) is 32.6 Å². The molecule has 5 rings (SSSR count). The van der Waals surface area contributed by atoms with Crippen molar-refractivity contribution >= 4 is 11.9 Å². The number of amides is 3. The summed E-state index contributed by atoms with van der Waals surface area (Å²) in [6.45, 7) is 1.81. The van der Waals surface area contributed by atoms with Crippen LogP contribution in [0.25, 0.3) is 0 Å². The van der Waals surface area contributed by atoms with Crippen molar-refractivity contribution in [1.82, 2.24) is 15.1 Å². The summed E-state index contributed by atoms with van der Waals surface area (Å²) in [7, 11) is 1.89. The molecule has 1 fully saturated rings. The third kappa shape index (κ3) is 5.00. The van der Waals surface area contributed by atoms with Crippen LogP contribution in [0.3, 0.4) is 0 Å². The molecule has 0 aromatic heterocycles. The van der Waals surface area contributed by atoms with Crippen LogP contribution < -0.4 is 14.8 Å². The number of nitrogens with zero attached hydrogens (tertiary/aromatic N) is 2. The molecule has 1 N–H and O–H groups in total. The number of carbonyl (C=O) groups excluding carboxylic acids is 2. The van der Waals surface area contributed by atoms with Gasteiger partial charge >= 0.3 is 6.03 Å². The van der Waals surface area contributed by atoms with Gasteiger partial charge in [0.1, 0.15) is 18.8 Å². The van der Waals surface area contributed by atoms with E-state index in [1.165, 1.54) is 4.90 Å². The summed E-state index contributed by atoms with van der Waals surface area (Å²) >= 11 is 0. The molecule has 0 saturated carbocycles. The summed E-state index contributed by atoms with van der Waals surface area (Å²) in [5, 5.41) is 3.05. The Hall–Kier alpha value is -3.84. The fraction of sp³-hybridized carbons (Fsp3) is 0.286. The van der Waals surface area contributed by atoms with Crippen molar-refractivity contribution in [2.45, 2.75) is 24.9 Å². The first kappa shape index (κ1) is 22.9. The number of urea groups is 1. The monoisotopic (exact) mass is 471 g/mol. The number of hydrogen-bond acceptors (Lipinski definition) is 5. The minimum Gasteiger partial charge on any atom is -0.486 e. The molecule has 180 valence electrons. The number of imide groups is 1. The van der Waals surface area contributed by atoms with Crippen LogP contribution in [0.2, 0.25) is 0 Å². The third-order valence-electron chi connectivity index (χ3n) is 6.39. The van der Waals surface area contributed by atoms with Crippen molar-refractivity contribution in [2.75, 3.05) is 26.9 Å². The highest BCUT2D eigenvalue weighted by Gasteiger charge is 2.51. The fourth-order valence-electron chi connectivity index (χ4n) is 4.78. The maximum absolute atomic E-state index is 13.8. The van der Waals surface area contributed by atoms with E-state index in [9.17, 15) is 9.59 Å². The van der Waals surface area contributed by atoms with Gasteiger partial charge < -0.3 is 14.8 Å². The van der Waals surface area contributed by atoms with Crippen molar-refractivity contribution in [3.63, 3.8) is 0 Å². The molecule has 0 bridgehead atoms. The minimum atomic E-state index is -1.03. The highest BCUT2D eigenvalue weighted by atomic mass is 16.6. The molecule has 1 saturated heterocycles. The van der Waals surface area contributed by atoms with Gasteiger partial charge in [-0.25, -0.2) is 9.69 Å². The predicted molar refractivity (Wildman–Crippen MR) is 132 cm³/mol. The Morgan fingerprint density at radius 2 is 1.43 bits per heavy atom. The van der Waals surface area contributed by atoms with E-state index in [-0.39, 0.29) is 18.6 Å². The summed E-state index contributed by atoms with van der Waals surface area (Å²) < 4.78 is 11.3. The fourth-order valence-corrected chi connectivity index (χ4v) is 4.78. The van der Waals surface area contributed by atoms with E-state index in [2.05, 4.69) is 5.32 Å². The van der Waals surface area contributed by atoms with Gasteiger partial charge in [-0.15, -0.1) is 0 Å². The third-order valence-corrected chi connectivity index (χ3v) is 6.39. The summed E-state index contributed by atoms with van der Waals surface area (Å²) in [5.74, 6) is 1.26. The number of rotatable bonds is 8. The first-order valence-electron chi connectivity index (χ1n) is 11.8. The number of benzene rings is 3. The molecule has 35 heavy (non-hydrogen) atoms. The first-order valence-corrected chi connectivity index (χ1v) is 11.8. The Bertz CT molecular complexity index is 1160. The molecule has 2 aliphatic heterocycles. The Balaban J connectivity index is 1.34. The highest BCUT2D eigenvalue weighted by Crippen LogP contribution is 2.31. The molecule has 3 amide bonds. The lowest BCUT2D eigenvalue weighted by Crippen LogP contribution is -2.51. The Morgan fingerprint density at radius 3 is 2.06 bits per heavy atom. The zero-order valence-electron chi connectivity index (χ0n) is 19.8. The summed E-state index contributed by atoms with van der Waals surface area (Å²) in [6, 6.07) is 25.1. The molecule has 7 heteroatoms. The van der Waals surface area contributed by atoms with Crippen LogP contribution in [0.15, 0.2) is 78.9 Å². The Kier molecular flexibility index (Phi) is 6.42. The van der Waals surface area contributed by atoms with E-state index in [0.717, 1.165) is 28.2 Å². The van der Waals surface area contributed by atoms with Gasteiger partial charge in [0, 0.05) is 19.4 Å². The van der Waals surface area contributed by atoms with Gasteiger partial charge in [0.25, 0.3) is 5.91 Å². The standard InChI is InChI=1S/C28H29N3O4/c1-30(19-23-12-13-24-25(16-23)35-15-14-34-24)20-31-26(32)28(29-27(31)33,17-21-8-4-2-5-9-21)18-22-10-6-3-7-11-22/h2-13,16H,14-15,17-20H2,1H3,(H,29,33). The van der Waals surface area contributed by atoms with Gasteiger partial charge in [-0.2, -0.15) is 0 Å². The highest BCUT2D eigenvalue weighted by molar-refractivity contribution is 6.07. The van der Waals surface area contributed by atoms with Crippen LogP contribution in [0.4, 0.5) is 4.79 Å². The second-order valence-electron chi connectivity index (χ2n) is 9.20. The van der Waals surface area contributed by atoms with E-state index in [1.807, 2.05) is 90.8 Å². The summed E-state index contributed by atoms with van der Waals surface area (Å²) in [5.41, 5.74) is 1.99. The van der Waals surface area contributed by atoms with Crippen LogP contribution in [-0.2, 0) is 24.2 Å². The number of ether oxygens (including phenoxy) is 2. The molecule has 3 aromatic rings. The molecular formula is C28H29N3O4. The van der Waals surface area contributed by atoms with E-state index >= 15 is 0 Å². The molecule has 7 nitrogen and oxygen atoms in total. The van der Waals surface area contributed by atoms with Crippen molar-refractivity contribution in [3.05, 3.63) is 95.6 Å². The van der Waals surface area contributed by atoms with Crippen molar-refractivity contribution in [2.24, 2.45) is 0 Å². The van der Waals surface area contributed by atoms with E-state index < -0.39 is 5.54 Å². The topological polar surface area (TPSA) is 71.1 Å². The van der Waals surface area contributed by atoms with Crippen molar-refractivity contribution in [1.29, 1.82) is 0 Å². The Labute approximate surface area is 205 Å². The van der Waals surface area contributed by atoms with Gasteiger partial charge in [-0.05, 0) is 35.9 Å². The van der Waals surface area contributed by atoms with Crippen LogP contribution in [-0.4, -0.2) is 54.2 Å². The quantitative estimate of drug-likeness (QED) is 0.508. The second-order valence-corrected chi connectivity index (χ2v) is 9.20. The molecule has 0 atom stereocenters. The van der Waals surface area contributed by atoms with Crippen LogP contribution in [0, 0.1) is 0 Å². The molecule has 0 aliphatic carbocycles. The molecule has 0 unspecified atom stereocenters. The van der Waals surface area contributed by atoms with Crippen LogP contribution in [0.1, 0.15) is 16.7 Å². The SMILES string of the molecule is CN(Cc1ccc2c(c1)OCCO2)CN1C(=O)NC(Cc2ccccc2)(Cc2ccccc2)C1=O. The maximum Gasteiger partial charge on any atom is 0.326 e. The van der Waals surface area contributed by atoms with E-state index in [1.54, 1.807) is 0 Å². The zero-order valence-corrected chi connectivity index (χ0v) is 19.8. The second kappa shape index (κ2) is 9.80. The van der Waals surface area contributed by atoms with Gasteiger partial charge in [-0.3, -0.25) is 9.69 Å². The average molecular weight is 472 g/mol. The predicted octanol–water partition coefficient (Wildman–Crippen LogP) is 3.62. The normalized spacial score (nSPS) is 16.5. The molecular weight excluding hydrogens is 442 g/mol. The molecule has 0 radical (unpaired) electrons. The van der Waals surface area contributed by atoms with Crippen LogP contribution >= 0.6 is 0 Å². The average Bonchev–Trinajstić information content (AvgIpc) is 3.09. The summed E-state index contributed by atoms with van der Waals surface area (Å²) in [6.07, 6.45) is 0.853. The van der Waals surface area contributed by atoms with Gasteiger partial charge in [0.2, 0.25) is 0 Å². The molecule has 0 spiro atoms. The molecule has 2 heterocycles. The van der Waals surface area contributed by atoms with E-state index in [4.69, 9.17) is 9.47 Å². The number of nitrogens with one attached hydrogen (secondary N) is 1. The number of hydrogen-bond donors (Lipinski definition) is 1. The zero-order chi connectivity index (χ0) is 24.3.